The minimum Gasteiger partial charge on any atom is -0.467 e. The fourth-order valence-corrected chi connectivity index (χ4v) is 5.74. The highest BCUT2D eigenvalue weighted by molar-refractivity contribution is 8.00. The highest BCUT2D eigenvalue weighted by atomic mass is 32.2. The van der Waals surface area contributed by atoms with Gasteiger partial charge in [0.15, 0.2) is 0 Å². The Bertz CT molecular complexity index is 1170. The SMILES string of the molecule is COC(=O)[C@H](CSC(c1ccccc1)(c1ccccc1)c1ccccc1)NC(=O)OCc1ccccc1. The summed E-state index contributed by atoms with van der Waals surface area (Å²) in [5.74, 6) is -0.279. The standard InChI is InChI=1S/C31H29NO4S/c1-35-29(33)28(32-30(34)36-22-24-14-6-2-7-15-24)23-37-31(25-16-8-3-9-17-25,26-18-10-4-11-19-26)27-20-12-5-13-21-27/h2-21,28H,22-23H2,1H3,(H,32,34)/t28-/m0/s1. The van der Waals surface area contributed by atoms with E-state index in [0.717, 1.165) is 22.3 Å². The van der Waals surface area contributed by atoms with Crippen LogP contribution in [-0.2, 0) is 25.6 Å². The molecule has 0 spiro atoms. The zero-order valence-corrected chi connectivity index (χ0v) is 21.4. The van der Waals surface area contributed by atoms with Gasteiger partial charge in [-0.15, -0.1) is 11.8 Å². The molecule has 0 aliphatic heterocycles. The van der Waals surface area contributed by atoms with Crippen LogP contribution in [0.4, 0.5) is 4.79 Å². The van der Waals surface area contributed by atoms with Gasteiger partial charge in [0.05, 0.1) is 11.9 Å². The van der Waals surface area contributed by atoms with Crippen molar-refractivity contribution < 1.29 is 19.1 Å². The van der Waals surface area contributed by atoms with Crippen molar-refractivity contribution in [1.82, 2.24) is 5.32 Å². The first kappa shape index (κ1) is 26.0. The van der Waals surface area contributed by atoms with Gasteiger partial charge in [-0.2, -0.15) is 0 Å². The molecule has 1 atom stereocenters. The van der Waals surface area contributed by atoms with Gasteiger partial charge in [-0.1, -0.05) is 121 Å². The predicted molar refractivity (Wildman–Crippen MR) is 147 cm³/mol. The largest absolute Gasteiger partial charge is 0.467 e. The van der Waals surface area contributed by atoms with Gasteiger partial charge in [-0.25, -0.2) is 9.59 Å². The molecule has 1 amide bonds. The Morgan fingerprint density at radius 1 is 0.730 bits per heavy atom. The average Bonchev–Trinajstić information content (AvgIpc) is 2.97. The average molecular weight is 512 g/mol. The topological polar surface area (TPSA) is 64.6 Å². The number of nitrogens with one attached hydrogen (secondary N) is 1. The van der Waals surface area contributed by atoms with Crippen LogP contribution < -0.4 is 5.32 Å². The summed E-state index contributed by atoms with van der Waals surface area (Å²) in [6, 6.07) is 39.0. The van der Waals surface area contributed by atoms with Crippen molar-refractivity contribution in [3.05, 3.63) is 144 Å². The molecule has 0 aliphatic rings. The summed E-state index contributed by atoms with van der Waals surface area (Å²) in [6.07, 6.45) is -0.676. The normalized spacial score (nSPS) is 11.8. The monoisotopic (exact) mass is 511 g/mol. The minimum atomic E-state index is -0.909. The van der Waals surface area contributed by atoms with Gasteiger partial charge in [0.1, 0.15) is 12.6 Å². The Kier molecular flexibility index (Phi) is 9.00. The van der Waals surface area contributed by atoms with E-state index < -0.39 is 22.9 Å². The molecular formula is C31H29NO4S. The Labute approximate surface area is 221 Å². The lowest BCUT2D eigenvalue weighted by molar-refractivity contribution is -0.142. The van der Waals surface area contributed by atoms with Crippen LogP contribution in [0.3, 0.4) is 0 Å². The molecule has 0 aromatic heterocycles. The van der Waals surface area contributed by atoms with Gasteiger partial charge in [0.25, 0.3) is 0 Å². The van der Waals surface area contributed by atoms with Crippen molar-refractivity contribution in [2.45, 2.75) is 17.4 Å². The lowest BCUT2D eigenvalue weighted by Gasteiger charge is -2.36. The third-order valence-electron chi connectivity index (χ3n) is 6.00. The van der Waals surface area contributed by atoms with Crippen LogP contribution in [0.1, 0.15) is 22.3 Å². The van der Waals surface area contributed by atoms with Crippen LogP contribution >= 0.6 is 11.8 Å². The molecule has 1 N–H and O–H groups in total. The second-order valence-electron chi connectivity index (χ2n) is 8.37. The first-order valence-corrected chi connectivity index (χ1v) is 13.0. The number of methoxy groups -OCH3 is 1. The van der Waals surface area contributed by atoms with E-state index in [0.29, 0.717) is 0 Å². The number of benzene rings is 4. The maximum absolute atomic E-state index is 12.7. The second kappa shape index (κ2) is 12.8. The molecule has 0 saturated heterocycles. The number of esters is 1. The number of carbonyl (C=O) groups is 2. The lowest BCUT2D eigenvalue weighted by atomic mass is 9.84. The molecule has 0 saturated carbocycles. The molecule has 4 aromatic carbocycles. The molecule has 4 aromatic rings. The number of hydrogen-bond donors (Lipinski definition) is 1. The lowest BCUT2D eigenvalue weighted by Crippen LogP contribution is -2.44. The molecule has 188 valence electrons. The van der Waals surface area contributed by atoms with Crippen molar-refractivity contribution in [2.75, 3.05) is 12.9 Å². The van der Waals surface area contributed by atoms with E-state index in [1.165, 1.54) is 7.11 Å². The van der Waals surface area contributed by atoms with Crippen molar-refractivity contribution in [1.29, 1.82) is 0 Å². The van der Waals surface area contributed by atoms with Crippen molar-refractivity contribution in [3.63, 3.8) is 0 Å². The van der Waals surface area contributed by atoms with E-state index >= 15 is 0 Å². The number of rotatable bonds is 10. The minimum absolute atomic E-state index is 0.107. The van der Waals surface area contributed by atoms with Gasteiger partial charge in [0, 0.05) is 5.75 Å². The van der Waals surface area contributed by atoms with Crippen LogP contribution in [0.25, 0.3) is 0 Å². The predicted octanol–water partition coefficient (Wildman–Crippen LogP) is 6.18. The fourth-order valence-electron chi connectivity index (χ4n) is 4.19. The van der Waals surface area contributed by atoms with E-state index in [4.69, 9.17) is 9.47 Å². The van der Waals surface area contributed by atoms with E-state index in [-0.39, 0.29) is 12.4 Å². The molecule has 0 radical (unpaired) electrons. The molecule has 0 fully saturated rings. The number of ether oxygens (including phenoxy) is 2. The first-order valence-electron chi connectivity index (χ1n) is 12.0. The molecule has 0 bridgehead atoms. The Hall–Kier alpha value is -4.03. The van der Waals surface area contributed by atoms with Gasteiger partial charge < -0.3 is 14.8 Å². The first-order chi connectivity index (χ1) is 18.1. The van der Waals surface area contributed by atoms with Crippen molar-refractivity contribution in [3.8, 4) is 0 Å². The fraction of sp³-hybridized carbons (Fsp3) is 0.161. The quantitative estimate of drug-likeness (QED) is 0.203. The van der Waals surface area contributed by atoms with E-state index in [1.54, 1.807) is 11.8 Å². The van der Waals surface area contributed by atoms with Crippen LogP contribution in [0.5, 0.6) is 0 Å². The van der Waals surface area contributed by atoms with E-state index in [9.17, 15) is 9.59 Å². The molecular weight excluding hydrogens is 482 g/mol. The summed E-state index contributed by atoms with van der Waals surface area (Å²) in [5.41, 5.74) is 4.05. The number of alkyl carbamates (subject to hydrolysis) is 1. The van der Waals surface area contributed by atoms with Crippen LogP contribution in [-0.4, -0.2) is 31.0 Å². The summed E-state index contributed by atoms with van der Waals surface area (Å²) in [5, 5.41) is 2.71. The van der Waals surface area contributed by atoms with Gasteiger partial charge in [-0.3, -0.25) is 0 Å². The number of carbonyl (C=O) groups excluding carboxylic acids is 2. The molecule has 37 heavy (non-hydrogen) atoms. The molecule has 0 aliphatic carbocycles. The summed E-state index contributed by atoms with van der Waals surface area (Å²) in [6.45, 7) is 0.107. The van der Waals surface area contributed by atoms with Crippen molar-refractivity contribution in [2.24, 2.45) is 0 Å². The third kappa shape index (κ3) is 6.40. The number of amides is 1. The highest BCUT2D eigenvalue weighted by Gasteiger charge is 2.38. The second-order valence-corrected chi connectivity index (χ2v) is 9.61. The van der Waals surface area contributed by atoms with Crippen LogP contribution in [0, 0.1) is 0 Å². The number of thioether (sulfide) groups is 1. The Morgan fingerprint density at radius 2 is 1.16 bits per heavy atom. The maximum Gasteiger partial charge on any atom is 0.408 e. The van der Waals surface area contributed by atoms with Gasteiger partial charge >= 0.3 is 12.1 Å². The smallest absolute Gasteiger partial charge is 0.408 e. The Balaban J connectivity index is 1.63. The van der Waals surface area contributed by atoms with Gasteiger partial charge in [0.2, 0.25) is 0 Å². The molecule has 0 unspecified atom stereocenters. The molecule has 5 nitrogen and oxygen atoms in total. The van der Waals surface area contributed by atoms with Crippen LogP contribution in [0.2, 0.25) is 0 Å². The zero-order valence-electron chi connectivity index (χ0n) is 20.6. The molecule has 6 heteroatoms. The molecule has 4 rings (SSSR count). The zero-order chi connectivity index (χ0) is 25.9. The summed E-state index contributed by atoms with van der Waals surface area (Å²) < 4.78 is 9.77. The molecule has 0 heterocycles. The maximum atomic E-state index is 12.7. The highest BCUT2D eigenvalue weighted by Crippen LogP contribution is 2.48. The van der Waals surface area contributed by atoms with E-state index in [1.807, 2.05) is 84.9 Å². The van der Waals surface area contributed by atoms with Crippen molar-refractivity contribution >= 4 is 23.8 Å². The third-order valence-corrected chi connectivity index (χ3v) is 7.64. The summed E-state index contributed by atoms with van der Waals surface area (Å²) in [7, 11) is 1.32. The van der Waals surface area contributed by atoms with E-state index in [2.05, 4.69) is 41.7 Å². The van der Waals surface area contributed by atoms with Gasteiger partial charge in [-0.05, 0) is 22.3 Å². The summed E-state index contributed by atoms with van der Waals surface area (Å²) >= 11 is 1.57. The summed E-state index contributed by atoms with van der Waals surface area (Å²) in [4.78, 5) is 25.4. The number of hydrogen-bond acceptors (Lipinski definition) is 5. The van der Waals surface area contributed by atoms with Crippen LogP contribution in [0.15, 0.2) is 121 Å². The Morgan fingerprint density at radius 3 is 1.59 bits per heavy atom.